The molecule has 48 heavy (non-hydrogen) atoms. The molecule has 2 aromatic rings. The fourth-order valence-corrected chi connectivity index (χ4v) is 12.6. The van der Waals surface area contributed by atoms with Crippen LogP contribution in [0.2, 0.25) is 0 Å². The molecule has 12 atom stereocenters. The summed E-state index contributed by atoms with van der Waals surface area (Å²) in [4.78, 5) is 30.0. The van der Waals surface area contributed by atoms with Gasteiger partial charge in [-0.1, -0.05) is 41.1 Å². The van der Waals surface area contributed by atoms with Gasteiger partial charge in [0.25, 0.3) is 5.91 Å². The molecule has 2 aromatic carbocycles. The van der Waals surface area contributed by atoms with Crippen LogP contribution in [0, 0.1) is 29.1 Å². The number of anilines is 1. The molecule has 10 nitrogen and oxygen atoms in total. The Bertz CT molecular complexity index is 1640. The second kappa shape index (κ2) is 11.3. The number of fused-ring (bicyclic) bond motifs is 2. The van der Waals surface area contributed by atoms with Crippen molar-refractivity contribution in [2.24, 2.45) is 29.1 Å². The number of para-hydroxylation sites is 1. The lowest BCUT2D eigenvalue weighted by Gasteiger charge is -2.70. The molecule has 6 aliphatic rings. The zero-order valence-electron chi connectivity index (χ0n) is 27.9. The number of carbonyl (C=O) groups excluding carboxylic acids is 2. The lowest BCUT2D eigenvalue weighted by Crippen LogP contribution is -2.83. The molecule has 8 rings (SSSR count). The Kier molecular flexibility index (Phi) is 7.73. The standard InChI is InChI=1S/C37H45BrN2O8/c1-5-40-19-34(48-33(42)22-11-6-7-12-25(22)39-32(41)20-9-8-10-21(38)15-20)14-13-29(46-3)36-27(34)17-24(30(36)40)35(43)18-26(45-2)23-16-28(36)37(35,44)31(23)47-4/h6-12,15,23-24,26-31,43-44H,5,13-14,16-19H2,1-4H3,(H,39,41)/t23-,24+,26+,27-,28+,29+,30?,31+,34-,35+,36+,37+/m1/s1. The minimum absolute atomic E-state index is 0.0662. The fourth-order valence-electron chi connectivity index (χ4n) is 12.2. The van der Waals surface area contributed by atoms with Crippen molar-refractivity contribution < 1.29 is 38.7 Å². The molecule has 5 aliphatic carbocycles. The van der Waals surface area contributed by atoms with Crippen LogP contribution >= 0.6 is 15.9 Å². The maximum atomic E-state index is 14.4. The molecule has 1 amide bonds. The predicted octanol–water partition coefficient (Wildman–Crippen LogP) is 4.28. The van der Waals surface area contributed by atoms with Gasteiger partial charge in [-0.2, -0.15) is 0 Å². The van der Waals surface area contributed by atoms with Crippen LogP contribution < -0.4 is 5.32 Å². The molecular formula is C37H45BrN2O8. The second-order valence-corrected chi connectivity index (χ2v) is 15.9. The van der Waals surface area contributed by atoms with Crippen LogP contribution in [0.15, 0.2) is 53.0 Å². The van der Waals surface area contributed by atoms with Crippen LogP contribution in [0.3, 0.4) is 0 Å². The van der Waals surface area contributed by atoms with Crippen molar-refractivity contribution in [3.05, 3.63) is 64.1 Å². The molecule has 3 N–H and O–H groups in total. The largest absolute Gasteiger partial charge is 0.454 e. The summed E-state index contributed by atoms with van der Waals surface area (Å²) >= 11 is 3.42. The highest BCUT2D eigenvalue weighted by Gasteiger charge is 2.89. The first-order chi connectivity index (χ1) is 23.0. The van der Waals surface area contributed by atoms with Gasteiger partial charge in [0.05, 0.1) is 29.6 Å². The van der Waals surface area contributed by atoms with E-state index in [9.17, 15) is 19.8 Å². The van der Waals surface area contributed by atoms with E-state index in [1.165, 1.54) is 0 Å². The average molecular weight is 726 g/mol. The Morgan fingerprint density at radius 3 is 2.52 bits per heavy atom. The summed E-state index contributed by atoms with van der Waals surface area (Å²) in [6, 6.07) is 14.0. The normalized spacial score (nSPS) is 43.6. The summed E-state index contributed by atoms with van der Waals surface area (Å²) in [5.74, 6) is -1.73. The Morgan fingerprint density at radius 2 is 1.81 bits per heavy atom. The Balaban J connectivity index is 1.20. The number of carbonyl (C=O) groups is 2. The van der Waals surface area contributed by atoms with Crippen LogP contribution in [0.5, 0.6) is 0 Å². The van der Waals surface area contributed by atoms with Gasteiger partial charge in [-0.15, -0.1) is 0 Å². The van der Waals surface area contributed by atoms with E-state index < -0.39 is 34.3 Å². The van der Waals surface area contributed by atoms with Gasteiger partial charge < -0.3 is 34.5 Å². The SMILES string of the molecule is CCN1C[C@]2(OC(=O)c3ccccc3NC(=O)c3cccc(Br)c3)CC[C@H](OC)[C@]34C1[C@H](C[C@H]23)[C@@]1(O)C[C@H](OC)[C@H]2C[C@@H]4[C@]1(O)[C@H]2OC. The maximum absolute atomic E-state index is 14.4. The topological polar surface area (TPSA) is 127 Å². The first-order valence-corrected chi connectivity index (χ1v) is 18.0. The number of halogens is 1. The van der Waals surface area contributed by atoms with Crippen molar-refractivity contribution in [2.45, 2.75) is 80.2 Å². The number of nitrogens with zero attached hydrogens (tertiary/aromatic N) is 1. The summed E-state index contributed by atoms with van der Waals surface area (Å²) in [6.07, 6.45) is 1.76. The first-order valence-electron chi connectivity index (χ1n) is 17.2. The maximum Gasteiger partial charge on any atom is 0.340 e. The highest BCUT2D eigenvalue weighted by Crippen LogP contribution is 2.79. The van der Waals surface area contributed by atoms with E-state index in [0.29, 0.717) is 56.4 Å². The summed E-state index contributed by atoms with van der Waals surface area (Å²) in [6.45, 7) is 3.33. The minimum atomic E-state index is -1.50. The molecule has 1 heterocycles. The van der Waals surface area contributed by atoms with Crippen molar-refractivity contribution in [1.29, 1.82) is 0 Å². The number of amides is 1. The van der Waals surface area contributed by atoms with Crippen molar-refractivity contribution in [1.82, 2.24) is 4.90 Å². The van der Waals surface area contributed by atoms with E-state index in [-0.39, 0.29) is 53.4 Å². The number of piperidine rings is 1. The van der Waals surface area contributed by atoms with Gasteiger partial charge >= 0.3 is 5.97 Å². The molecule has 1 spiro atoms. The molecule has 0 aromatic heterocycles. The number of likely N-dealkylation sites (N-methyl/N-ethyl adjacent to an activating group) is 1. The Labute approximate surface area is 289 Å². The fraction of sp³-hybridized carbons (Fsp3) is 0.622. The number of hydrogen-bond donors (Lipinski definition) is 3. The quantitative estimate of drug-likeness (QED) is 0.342. The number of ether oxygens (including phenoxy) is 4. The number of benzene rings is 2. The summed E-state index contributed by atoms with van der Waals surface area (Å²) in [5, 5.41) is 28.8. The van der Waals surface area contributed by atoms with Crippen molar-refractivity contribution in [2.75, 3.05) is 39.7 Å². The number of nitrogens with one attached hydrogen (secondary N) is 1. The third-order valence-electron chi connectivity index (χ3n) is 13.7. The molecule has 6 fully saturated rings. The van der Waals surface area contributed by atoms with Crippen LogP contribution in [0.4, 0.5) is 5.69 Å². The number of rotatable bonds is 8. The summed E-state index contributed by atoms with van der Waals surface area (Å²) in [5.41, 5.74) is -3.31. The third-order valence-corrected chi connectivity index (χ3v) is 14.2. The van der Waals surface area contributed by atoms with E-state index in [2.05, 4.69) is 33.1 Å². The third kappa shape index (κ3) is 4.01. The molecule has 258 valence electrons. The molecular weight excluding hydrogens is 680 g/mol. The molecule has 7 bridgehead atoms. The van der Waals surface area contributed by atoms with E-state index in [0.717, 1.165) is 4.47 Å². The predicted molar refractivity (Wildman–Crippen MR) is 179 cm³/mol. The van der Waals surface area contributed by atoms with Gasteiger partial charge in [-0.25, -0.2) is 4.79 Å². The molecule has 1 saturated heterocycles. The van der Waals surface area contributed by atoms with E-state index >= 15 is 0 Å². The summed E-state index contributed by atoms with van der Waals surface area (Å²) < 4.78 is 26.1. The van der Waals surface area contributed by atoms with E-state index in [1.54, 1.807) is 63.8 Å². The molecule has 0 radical (unpaired) electrons. The van der Waals surface area contributed by atoms with Crippen molar-refractivity contribution >= 4 is 33.5 Å². The number of aliphatic hydroxyl groups is 2. The molecule has 5 saturated carbocycles. The van der Waals surface area contributed by atoms with Crippen LogP contribution in [-0.2, 0) is 18.9 Å². The van der Waals surface area contributed by atoms with Gasteiger partial charge in [0.15, 0.2) is 0 Å². The zero-order chi connectivity index (χ0) is 33.8. The number of methoxy groups -OCH3 is 3. The first kappa shape index (κ1) is 32.8. The van der Waals surface area contributed by atoms with Gasteiger partial charge in [-0.05, 0) is 62.6 Å². The lowest BCUT2D eigenvalue weighted by atomic mass is 9.44. The van der Waals surface area contributed by atoms with Gasteiger partial charge in [0.2, 0.25) is 0 Å². The van der Waals surface area contributed by atoms with Crippen LogP contribution in [0.25, 0.3) is 0 Å². The van der Waals surface area contributed by atoms with Gasteiger partial charge in [0, 0.05) is 79.5 Å². The smallest absolute Gasteiger partial charge is 0.340 e. The summed E-state index contributed by atoms with van der Waals surface area (Å²) in [7, 11) is 5.06. The minimum Gasteiger partial charge on any atom is -0.454 e. The molecule has 11 heteroatoms. The number of esters is 1. The second-order valence-electron chi connectivity index (χ2n) is 15.0. The van der Waals surface area contributed by atoms with Crippen LogP contribution in [0.1, 0.15) is 59.7 Å². The number of likely N-dealkylation sites (tertiary alicyclic amines) is 1. The van der Waals surface area contributed by atoms with Crippen LogP contribution in [-0.4, -0.2) is 103 Å². The highest BCUT2D eigenvalue weighted by atomic mass is 79.9. The van der Waals surface area contributed by atoms with Gasteiger partial charge in [0.1, 0.15) is 16.8 Å². The Morgan fingerprint density at radius 1 is 1.02 bits per heavy atom. The molecule has 1 aliphatic heterocycles. The van der Waals surface area contributed by atoms with Gasteiger partial charge in [-0.3, -0.25) is 9.69 Å². The van der Waals surface area contributed by atoms with E-state index in [4.69, 9.17) is 18.9 Å². The monoisotopic (exact) mass is 724 g/mol. The lowest BCUT2D eigenvalue weighted by molar-refractivity contribution is -0.337. The Hall–Kier alpha value is -2.38. The van der Waals surface area contributed by atoms with E-state index in [1.807, 2.05) is 6.07 Å². The number of hydrogen-bond acceptors (Lipinski definition) is 9. The zero-order valence-corrected chi connectivity index (χ0v) is 29.4. The van der Waals surface area contributed by atoms with Crippen molar-refractivity contribution in [3.8, 4) is 0 Å². The average Bonchev–Trinajstić information content (AvgIpc) is 3.51. The molecule has 1 unspecified atom stereocenters. The van der Waals surface area contributed by atoms with Crippen molar-refractivity contribution in [3.63, 3.8) is 0 Å². The highest BCUT2D eigenvalue weighted by molar-refractivity contribution is 9.10.